The van der Waals surface area contributed by atoms with E-state index >= 15 is 0 Å². The third-order valence-corrected chi connectivity index (χ3v) is 18.9. The van der Waals surface area contributed by atoms with Crippen LogP contribution in [0.2, 0.25) is 0 Å². The molecule has 68 heavy (non-hydrogen) atoms. The van der Waals surface area contributed by atoms with E-state index in [-0.39, 0.29) is 23.2 Å². The minimum atomic E-state index is -1.20. The van der Waals surface area contributed by atoms with Crippen molar-refractivity contribution in [2.24, 2.45) is 0 Å². The van der Waals surface area contributed by atoms with E-state index in [4.69, 9.17) is 0 Å². The van der Waals surface area contributed by atoms with E-state index in [0.29, 0.717) is 0 Å². The van der Waals surface area contributed by atoms with Crippen molar-refractivity contribution in [3.8, 4) is 12.1 Å². The fraction of sp³-hybridized carbons (Fsp3) is 0.607. The number of fused-ring (bicyclic) bond motifs is 9. The van der Waals surface area contributed by atoms with Gasteiger partial charge in [-0.1, -0.05) is 182 Å². The molecule has 0 saturated carbocycles. The Bertz CT molecular complexity index is 2500. The molecule has 8 nitrogen and oxygen atoms in total. The van der Waals surface area contributed by atoms with Crippen LogP contribution in [0.1, 0.15) is 229 Å². The van der Waals surface area contributed by atoms with Crippen molar-refractivity contribution >= 4 is 120 Å². The monoisotopic (exact) mass is 996 g/mol. The van der Waals surface area contributed by atoms with Crippen LogP contribution in [0, 0.1) is 22.7 Å². The number of carboxylic acid groups (broad SMARTS) is 2. The quantitative estimate of drug-likeness (QED) is 0.0235. The van der Waals surface area contributed by atoms with Crippen LogP contribution in [0.5, 0.6) is 0 Å². The maximum absolute atomic E-state index is 12.1. The number of aliphatic carboxylic acids is 2. The number of carbonyl (C=O) groups is 2. The molecule has 0 aliphatic heterocycles. The van der Waals surface area contributed by atoms with Crippen LogP contribution in [-0.2, 0) is 9.59 Å². The number of nitriles is 2. The van der Waals surface area contributed by atoms with Crippen molar-refractivity contribution in [3.63, 3.8) is 0 Å². The molecule has 0 fully saturated rings. The Kier molecular flexibility index (Phi) is 21.6. The van der Waals surface area contributed by atoms with E-state index in [0.717, 1.165) is 72.2 Å². The summed E-state index contributed by atoms with van der Waals surface area (Å²) in [4.78, 5) is 25.8. The van der Waals surface area contributed by atoms with Crippen molar-refractivity contribution in [2.75, 3.05) is 0 Å². The van der Waals surface area contributed by atoms with Gasteiger partial charge in [0, 0.05) is 21.8 Å². The van der Waals surface area contributed by atoms with E-state index in [9.17, 15) is 30.3 Å². The van der Waals surface area contributed by atoms with Gasteiger partial charge in [0.15, 0.2) is 0 Å². The van der Waals surface area contributed by atoms with Crippen LogP contribution in [0.4, 0.5) is 0 Å². The maximum Gasteiger partial charge on any atom is 0.346 e. The molecule has 0 atom stereocenters. The van der Waals surface area contributed by atoms with Crippen molar-refractivity contribution in [2.45, 2.75) is 220 Å². The Labute approximate surface area is 421 Å². The molecule has 0 amide bonds. The van der Waals surface area contributed by atoms with E-state index in [1.165, 1.54) is 168 Å². The number of hydrogen-bond acceptors (Lipinski definition) is 8. The van der Waals surface area contributed by atoms with Gasteiger partial charge < -0.3 is 19.3 Å². The summed E-state index contributed by atoms with van der Waals surface area (Å²) in [5.74, 6) is -2.41. The first kappa shape index (κ1) is 53.4. The molecule has 6 aromatic rings. The first-order valence-electron chi connectivity index (χ1n) is 26.4. The highest BCUT2D eigenvalue weighted by Crippen LogP contribution is 2.55. The lowest BCUT2D eigenvalue weighted by molar-refractivity contribution is -0.133. The summed E-state index contributed by atoms with van der Waals surface area (Å²) in [6, 6.07) is 8.68. The number of carboxylic acids is 2. The minimum absolute atomic E-state index is 0.250. The molecule has 0 radical (unpaired) electrons. The summed E-state index contributed by atoms with van der Waals surface area (Å²) >= 11 is 6.98. The summed E-state index contributed by atoms with van der Waals surface area (Å²) in [5.41, 5.74) is 4.37. The highest BCUT2D eigenvalue weighted by Gasteiger charge is 2.30. The van der Waals surface area contributed by atoms with Crippen molar-refractivity contribution < 1.29 is 19.8 Å². The fourth-order valence-electron chi connectivity index (χ4n) is 10.3. The third kappa shape index (κ3) is 13.3. The largest absolute Gasteiger partial charge is 0.477 e. The third-order valence-electron chi connectivity index (χ3n) is 13.9. The topological polar surface area (TPSA) is 132 Å². The summed E-state index contributed by atoms with van der Waals surface area (Å²) in [6.07, 6.45) is 37.1. The van der Waals surface area contributed by atoms with Crippen LogP contribution >= 0.6 is 45.3 Å². The summed E-state index contributed by atoms with van der Waals surface area (Å²) in [5, 5.41) is 39.3. The lowest BCUT2D eigenvalue weighted by Gasteiger charge is -2.22. The zero-order chi connectivity index (χ0) is 48.4. The minimum Gasteiger partial charge on any atom is -0.477 e. The van der Waals surface area contributed by atoms with Crippen LogP contribution in [0.25, 0.3) is 62.4 Å². The van der Waals surface area contributed by atoms with Crippen LogP contribution in [-0.4, -0.2) is 31.3 Å². The molecule has 0 saturated heterocycles. The van der Waals surface area contributed by atoms with Crippen molar-refractivity contribution in [1.29, 1.82) is 10.5 Å². The first-order valence-corrected chi connectivity index (χ1v) is 29.6. The predicted molar refractivity (Wildman–Crippen MR) is 294 cm³/mol. The lowest BCUT2D eigenvalue weighted by atomic mass is 9.99. The van der Waals surface area contributed by atoms with Gasteiger partial charge >= 0.3 is 11.9 Å². The van der Waals surface area contributed by atoms with Gasteiger partial charge in [-0.3, -0.25) is 0 Å². The molecule has 0 aliphatic carbocycles. The molecule has 0 aliphatic rings. The highest BCUT2D eigenvalue weighted by atomic mass is 32.1. The number of hydrogen-bond donors (Lipinski definition) is 2. The fourth-order valence-corrected chi connectivity index (χ4v) is 15.6. The van der Waals surface area contributed by atoms with Gasteiger partial charge in [0.1, 0.15) is 23.3 Å². The molecule has 2 N–H and O–H groups in total. The molecule has 0 bridgehead atoms. The molecule has 0 unspecified atom stereocenters. The van der Waals surface area contributed by atoms with Gasteiger partial charge in [0.2, 0.25) is 0 Å². The van der Waals surface area contributed by atoms with Gasteiger partial charge in [-0.25, -0.2) is 9.59 Å². The average molecular weight is 998 g/mol. The zero-order valence-electron chi connectivity index (χ0n) is 41.4. The Balaban J connectivity index is 1.57. The molecule has 0 spiro atoms. The molecular weight excluding hydrogens is 921 g/mol. The van der Waals surface area contributed by atoms with Crippen molar-refractivity contribution in [1.82, 2.24) is 9.13 Å². The number of nitrogens with zero attached hydrogens (tertiary/aromatic N) is 4. The molecule has 6 aromatic heterocycles. The van der Waals surface area contributed by atoms with Crippen molar-refractivity contribution in [3.05, 3.63) is 33.0 Å². The van der Waals surface area contributed by atoms with Gasteiger partial charge in [-0.05, 0) is 50.0 Å². The van der Waals surface area contributed by atoms with Crippen LogP contribution in [0.3, 0.4) is 0 Å². The Morgan fingerprint density at radius 3 is 1.03 bits per heavy atom. The van der Waals surface area contributed by atoms with E-state index in [1.807, 2.05) is 34.8 Å². The molecule has 368 valence electrons. The standard InChI is InChI=1S/C56H76N4O4S4/c1-5-9-13-17-21-25-29-41(30-26-22-18-14-10-6-2)59-45-35-43(33-39(37-57)55(61)62)65-49(45)51-47(59)53-54(67-51)48-52(68-53)50-46(36-44(66-50)34-40(38-58)56(63)64)60(48)42(31-27-23-19-15-11-7-3)32-28-24-20-16-12-8-4/h33-36,41-42H,5-32H2,1-4H3,(H,61,62)(H,63,64)/b39-33+,40-34+. The second kappa shape index (κ2) is 27.5. The summed E-state index contributed by atoms with van der Waals surface area (Å²) in [6.45, 7) is 9.08. The smallest absolute Gasteiger partial charge is 0.346 e. The SMILES string of the molecule is CCCCCCCCC(CCCCCCCC)n1c2cc(/C=C(\C#N)C(=O)O)sc2c2sc3c(sc4c5sc(/C=C(\C#N)C(=O)O)cc5n(C(CCCCCCCC)CCCCCCCC)c43)c21. The molecule has 0 aromatic carbocycles. The maximum atomic E-state index is 12.1. The second-order valence-electron chi connectivity index (χ2n) is 19.2. The average Bonchev–Trinajstić information content (AvgIpc) is 4.17. The molecule has 6 heterocycles. The Morgan fingerprint density at radius 2 is 0.750 bits per heavy atom. The van der Waals surface area contributed by atoms with Gasteiger partial charge in [-0.2, -0.15) is 10.5 Å². The summed E-state index contributed by atoms with van der Waals surface area (Å²) in [7, 11) is 0. The summed E-state index contributed by atoms with van der Waals surface area (Å²) < 4.78 is 12.8. The second-order valence-corrected chi connectivity index (χ2v) is 23.4. The predicted octanol–water partition coefficient (Wildman–Crippen LogP) is 19.4. The molecular formula is C56H76N4O4S4. The Hall–Kier alpha value is -3.94. The van der Waals surface area contributed by atoms with Gasteiger partial charge in [0.25, 0.3) is 0 Å². The van der Waals surface area contributed by atoms with E-state index in [1.54, 1.807) is 34.8 Å². The molecule has 12 heteroatoms. The normalized spacial score (nSPS) is 12.6. The van der Waals surface area contributed by atoms with E-state index < -0.39 is 11.9 Å². The van der Waals surface area contributed by atoms with E-state index in [2.05, 4.69) is 49.0 Å². The van der Waals surface area contributed by atoms with Gasteiger partial charge in [0.05, 0.1) is 50.3 Å². The highest BCUT2D eigenvalue weighted by molar-refractivity contribution is 7.40. The van der Waals surface area contributed by atoms with Crippen LogP contribution < -0.4 is 0 Å². The number of unbranched alkanes of at least 4 members (excludes halogenated alkanes) is 20. The first-order chi connectivity index (χ1) is 33.2. The Morgan fingerprint density at radius 1 is 0.471 bits per heavy atom. The van der Waals surface area contributed by atoms with Crippen LogP contribution in [0.15, 0.2) is 23.3 Å². The molecule has 6 rings (SSSR count). The zero-order valence-corrected chi connectivity index (χ0v) is 44.7. The number of thiophene rings is 4. The number of aromatic nitrogens is 2. The number of rotatable bonds is 34. The lowest BCUT2D eigenvalue weighted by Crippen LogP contribution is -2.09. The van der Waals surface area contributed by atoms with Gasteiger partial charge in [-0.15, -0.1) is 45.3 Å².